The van der Waals surface area contributed by atoms with Crippen molar-refractivity contribution >= 4 is 17.1 Å². The molecule has 0 amide bonds. The molecule has 1 heterocycles. The summed E-state index contributed by atoms with van der Waals surface area (Å²) in [5, 5.41) is 15.1. The summed E-state index contributed by atoms with van der Waals surface area (Å²) in [5.74, 6) is 0.647. The van der Waals surface area contributed by atoms with Gasteiger partial charge in [-0.15, -0.1) is 11.3 Å². The first kappa shape index (κ1) is 19.6. The fourth-order valence-corrected chi connectivity index (χ4v) is 3.10. The van der Waals surface area contributed by atoms with Crippen molar-refractivity contribution in [2.24, 2.45) is 0 Å². The summed E-state index contributed by atoms with van der Waals surface area (Å²) in [6.07, 6.45) is 0.552. The summed E-state index contributed by atoms with van der Waals surface area (Å²) in [5.41, 5.74) is 1.10. The molecule has 136 valence electrons. The predicted molar refractivity (Wildman–Crippen MR) is 103 cm³/mol. The van der Waals surface area contributed by atoms with Gasteiger partial charge in [0.05, 0.1) is 0 Å². The molecule has 0 radical (unpaired) electrons. The Morgan fingerprint density at radius 1 is 1.24 bits per heavy atom. The SMILES string of the molecule is CC(C)(C)NCC(O)COc1ccsc1C(=O)CCc1ccccc1. The van der Waals surface area contributed by atoms with Crippen LogP contribution in [0.1, 0.15) is 42.4 Å². The van der Waals surface area contributed by atoms with Gasteiger partial charge in [0.15, 0.2) is 5.78 Å². The molecule has 1 atom stereocenters. The van der Waals surface area contributed by atoms with Gasteiger partial charge in [-0.2, -0.15) is 0 Å². The van der Waals surface area contributed by atoms with E-state index >= 15 is 0 Å². The van der Waals surface area contributed by atoms with Gasteiger partial charge < -0.3 is 15.2 Å². The molecule has 0 aliphatic heterocycles. The number of β-amino-alcohol motifs (C(OH)–C–C–N with tert-alkyl or cyclic N) is 1. The molecule has 25 heavy (non-hydrogen) atoms. The molecular weight excluding hydrogens is 334 g/mol. The predicted octanol–water partition coefficient (Wildman–Crippen LogP) is 3.69. The third kappa shape index (κ3) is 6.98. The summed E-state index contributed by atoms with van der Waals surface area (Å²) in [6.45, 7) is 6.75. The third-order valence-corrected chi connectivity index (χ3v) is 4.60. The number of ketones is 1. The van der Waals surface area contributed by atoms with E-state index in [1.54, 1.807) is 6.07 Å². The zero-order chi connectivity index (χ0) is 18.3. The molecule has 1 aromatic heterocycles. The summed E-state index contributed by atoms with van der Waals surface area (Å²) in [7, 11) is 0. The van der Waals surface area contributed by atoms with Crippen LogP contribution in [0, 0.1) is 0 Å². The summed E-state index contributed by atoms with van der Waals surface area (Å²) in [6, 6.07) is 11.8. The Balaban J connectivity index is 1.83. The van der Waals surface area contributed by atoms with Crippen molar-refractivity contribution in [1.82, 2.24) is 5.32 Å². The highest BCUT2D eigenvalue weighted by molar-refractivity contribution is 7.12. The number of aryl methyl sites for hydroxylation is 1. The van der Waals surface area contributed by atoms with Gasteiger partial charge in [-0.05, 0) is 44.2 Å². The third-order valence-electron chi connectivity index (χ3n) is 3.67. The smallest absolute Gasteiger partial charge is 0.176 e. The van der Waals surface area contributed by atoms with E-state index in [1.165, 1.54) is 11.3 Å². The molecule has 4 nitrogen and oxygen atoms in total. The fraction of sp³-hybridized carbons (Fsp3) is 0.450. The molecule has 1 aromatic carbocycles. The van der Waals surface area contributed by atoms with Crippen molar-refractivity contribution in [3.05, 3.63) is 52.2 Å². The molecule has 0 aliphatic rings. The summed E-state index contributed by atoms with van der Waals surface area (Å²) in [4.78, 5) is 13.1. The van der Waals surface area contributed by atoms with Crippen LogP contribution in [0.2, 0.25) is 0 Å². The topological polar surface area (TPSA) is 58.6 Å². The number of Topliss-reactive ketones (excluding diaryl/α,β-unsaturated/α-hetero) is 1. The highest BCUT2D eigenvalue weighted by Crippen LogP contribution is 2.27. The van der Waals surface area contributed by atoms with Crippen molar-refractivity contribution in [2.75, 3.05) is 13.2 Å². The molecule has 0 saturated carbocycles. The lowest BCUT2D eigenvalue weighted by Gasteiger charge is -2.22. The molecule has 2 rings (SSSR count). The number of carbonyl (C=O) groups excluding carboxylic acids is 1. The van der Waals surface area contributed by atoms with E-state index < -0.39 is 6.10 Å². The van der Waals surface area contributed by atoms with Crippen molar-refractivity contribution in [3.8, 4) is 5.75 Å². The Kier molecular flexibility index (Phi) is 7.17. The number of aliphatic hydroxyl groups excluding tert-OH is 1. The Morgan fingerprint density at radius 3 is 2.64 bits per heavy atom. The second-order valence-electron chi connectivity index (χ2n) is 7.12. The van der Waals surface area contributed by atoms with E-state index in [4.69, 9.17) is 4.74 Å². The molecule has 0 fully saturated rings. The number of thiophene rings is 1. The van der Waals surface area contributed by atoms with E-state index in [-0.39, 0.29) is 17.9 Å². The van der Waals surface area contributed by atoms with Crippen molar-refractivity contribution < 1.29 is 14.6 Å². The van der Waals surface area contributed by atoms with Gasteiger partial charge in [0.25, 0.3) is 0 Å². The van der Waals surface area contributed by atoms with Crippen LogP contribution >= 0.6 is 11.3 Å². The number of hydrogen-bond acceptors (Lipinski definition) is 5. The van der Waals surface area contributed by atoms with Crippen LogP contribution in [0.5, 0.6) is 5.75 Å². The lowest BCUT2D eigenvalue weighted by molar-refractivity contribution is 0.0939. The Hall–Kier alpha value is -1.69. The Bertz CT molecular complexity index is 661. The van der Waals surface area contributed by atoms with Crippen LogP contribution in [0.25, 0.3) is 0 Å². The van der Waals surface area contributed by atoms with Gasteiger partial charge in [-0.3, -0.25) is 4.79 Å². The monoisotopic (exact) mass is 361 g/mol. The van der Waals surface area contributed by atoms with Crippen LogP contribution in [0.15, 0.2) is 41.8 Å². The molecule has 0 aliphatic carbocycles. The van der Waals surface area contributed by atoms with Crippen LogP contribution in [0.4, 0.5) is 0 Å². The number of nitrogens with one attached hydrogen (secondary N) is 1. The molecule has 2 aromatic rings. The zero-order valence-electron chi connectivity index (χ0n) is 15.1. The average molecular weight is 362 g/mol. The highest BCUT2D eigenvalue weighted by atomic mass is 32.1. The quantitative estimate of drug-likeness (QED) is 0.669. The van der Waals surface area contributed by atoms with Gasteiger partial charge in [0.2, 0.25) is 0 Å². The second kappa shape index (κ2) is 9.13. The molecular formula is C20H27NO3S. The summed E-state index contributed by atoms with van der Waals surface area (Å²) < 4.78 is 5.68. The van der Waals surface area contributed by atoms with Crippen LogP contribution in [-0.2, 0) is 6.42 Å². The number of carbonyl (C=O) groups is 1. The Labute approximate surface area is 153 Å². The zero-order valence-corrected chi connectivity index (χ0v) is 15.9. The lowest BCUT2D eigenvalue weighted by atomic mass is 10.1. The number of hydrogen-bond donors (Lipinski definition) is 2. The minimum Gasteiger partial charge on any atom is -0.489 e. The molecule has 1 unspecified atom stereocenters. The summed E-state index contributed by atoms with van der Waals surface area (Å²) >= 11 is 1.39. The van der Waals surface area contributed by atoms with E-state index in [2.05, 4.69) is 5.32 Å². The van der Waals surface area contributed by atoms with E-state index in [9.17, 15) is 9.90 Å². The molecule has 2 N–H and O–H groups in total. The Morgan fingerprint density at radius 2 is 1.96 bits per heavy atom. The largest absolute Gasteiger partial charge is 0.489 e. The normalized spacial score (nSPS) is 12.8. The van der Waals surface area contributed by atoms with E-state index in [1.807, 2.05) is 56.5 Å². The van der Waals surface area contributed by atoms with Crippen LogP contribution in [0.3, 0.4) is 0 Å². The average Bonchev–Trinajstić information content (AvgIpc) is 3.05. The van der Waals surface area contributed by atoms with Gasteiger partial charge >= 0.3 is 0 Å². The maximum absolute atomic E-state index is 12.5. The van der Waals surface area contributed by atoms with E-state index in [0.29, 0.717) is 23.6 Å². The molecule has 0 spiro atoms. The number of aliphatic hydroxyl groups is 1. The highest BCUT2D eigenvalue weighted by Gasteiger charge is 2.17. The lowest BCUT2D eigenvalue weighted by Crippen LogP contribution is -2.42. The van der Waals surface area contributed by atoms with Crippen molar-refractivity contribution in [3.63, 3.8) is 0 Å². The standard InChI is InChI=1S/C20H27NO3S/c1-20(2,3)21-13-16(22)14-24-18-11-12-25-19(18)17(23)10-9-15-7-5-4-6-8-15/h4-8,11-12,16,21-22H,9-10,13-14H2,1-3H3. The van der Waals surface area contributed by atoms with E-state index in [0.717, 1.165) is 12.0 Å². The molecule has 0 bridgehead atoms. The number of rotatable bonds is 9. The van der Waals surface area contributed by atoms with Gasteiger partial charge in [-0.1, -0.05) is 30.3 Å². The minimum absolute atomic E-state index is 0.0536. The fourth-order valence-electron chi connectivity index (χ4n) is 2.30. The maximum atomic E-state index is 12.5. The van der Waals surface area contributed by atoms with Crippen LogP contribution in [-0.4, -0.2) is 35.7 Å². The second-order valence-corrected chi connectivity index (χ2v) is 8.03. The molecule has 0 saturated heterocycles. The van der Waals surface area contributed by atoms with Gasteiger partial charge in [-0.25, -0.2) is 0 Å². The maximum Gasteiger partial charge on any atom is 0.176 e. The minimum atomic E-state index is -0.619. The van der Waals surface area contributed by atoms with Crippen molar-refractivity contribution in [2.45, 2.75) is 45.3 Å². The molecule has 5 heteroatoms. The number of ether oxygens (including phenoxy) is 1. The first-order valence-corrected chi connectivity index (χ1v) is 9.43. The number of benzene rings is 1. The first-order chi connectivity index (χ1) is 11.8. The van der Waals surface area contributed by atoms with Crippen LogP contribution < -0.4 is 10.1 Å². The first-order valence-electron chi connectivity index (χ1n) is 8.55. The van der Waals surface area contributed by atoms with Gasteiger partial charge in [0.1, 0.15) is 23.3 Å². The van der Waals surface area contributed by atoms with Gasteiger partial charge in [0, 0.05) is 18.5 Å². The van der Waals surface area contributed by atoms with Crippen molar-refractivity contribution in [1.29, 1.82) is 0 Å².